The quantitative estimate of drug-likeness (QED) is 0.777. The molecule has 1 heterocycles. The van der Waals surface area contributed by atoms with E-state index in [1.54, 1.807) is 0 Å². The van der Waals surface area contributed by atoms with Crippen LogP contribution < -0.4 is 0 Å². The number of nitrogens with zero attached hydrogens (tertiary/aromatic N) is 1. The fourth-order valence-corrected chi connectivity index (χ4v) is 5.94. The Morgan fingerprint density at radius 1 is 1.00 bits per heavy atom. The van der Waals surface area contributed by atoms with Crippen LogP contribution in [0.15, 0.2) is 0 Å². The SMILES string of the molecule is O=C1CCN(C(=O)CC23CC4CC(CC(C4)C2)C3)CC1. The average molecular weight is 275 g/mol. The lowest BCUT2D eigenvalue weighted by atomic mass is 9.49. The lowest BCUT2D eigenvalue weighted by Crippen LogP contribution is -2.49. The van der Waals surface area contributed by atoms with Crippen LogP contribution in [0.3, 0.4) is 0 Å². The van der Waals surface area contributed by atoms with Crippen LogP contribution in [0.25, 0.3) is 0 Å². The minimum Gasteiger partial charge on any atom is -0.342 e. The Hall–Kier alpha value is -0.860. The van der Waals surface area contributed by atoms with Crippen LogP contribution in [0.4, 0.5) is 0 Å². The molecular formula is C17H25NO2. The highest BCUT2D eigenvalue weighted by atomic mass is 16.2. The summed E-state index contributed by atoms with van der Waals surface area (Å²) in [4.78, 5) is 25.9. The van der Waals surface area contributed by atoms with Crippen molar-refractivity contribution in [3.63, 3.8) is 0 Å². The molecule has 1 amide bonds. The molecule has 0 radical (unpaired) electrons. The van der Waals surface area contributed by atoms with E-state index in [0.29, 0.717) is 43.0 Å². The summed E-state index contributed by atoms with van der Waals surface area (Å²) in [6.07, 6.45) is 10.1. The predicted octanol–water partition coefficient (Wildman–Crippen LogP) is 2.78. The normalized spacial score (nSPS) is 43.1. The number of ketones is 1. The summed E-state index contributed by atoms with van der Waals surface area (Å²) in [5.74, 6) is 3.40. The van der Waals surface area contributed by atoms with Crippen molar-refractivity contribution in [1.29, 1.82) is 0 Å². The minimum atomic E-state index is 0.323. The van der Waals surface area contributed by atoms with Gasteiger partial charge in [0.1, 0.15) is 5.78 Å². The number of hydrogen-bond acceptors (Lipinski definition) is 2. The van der Waals surface area contributed by atoms with Crippen molar-refractivity contribution in [3.05, 3.63) is 0 Å². The third-order valence-electron chi connectivity index (χ3n) is 6.37. The lowest BCUT2D eigenvalue weighted by Gasteiger charge is -2.57. The van der Waals surface area contributed by atoms with Gasteiger partial charge in [-0.3, -0.25) is 9.59 Å². The van der Waals surface area contributed by atoms with E-state index in [2.05, 4.69) is 0 Å². The van der Waals surface area contributed by atoms with Gasteiger partial charge in [-0.2, -0.15) is 0 Å². The van der Waals surface area contributed by atoms with Gasteiger partial charge >= 0.3 is 0 Å². The third-order valence-corrected chi connectivity index (χ3v) is 6.37. The van der Waals surface area contributed by atoms with Crippen molar-refractivity contribution < 1.29 is 9.59 Å². The van der Waals surface area contributed by atoms with E-state index in [1.165, 1.54) is 38.5 Å². The largest absolute Gasteiger partial charge is 0.342 e. The van der Waals surface area contributed by atoms with Gasteiger partial charge in [-0.25, -0.2) is 0 Å². The van der Waals surface area contributed by atoms with E-state index in [-0.39, 0.29) is 0 Å². The van der Waals surface area contributed by atoms with Crippen LogP contribution in [0, 0.1) is 23.2 Å². The molecule has 20 heavy (non-hydrogen) atoms. The van der Waals surface area contributed by atoms with Crippen molar-refractivity contribution in [2.24, 2.45) is 23.2 Å². The second kappa shape index (κ2) is 4.57. The number of carbonyl (C=O) groups excluding carboxylic acids is 2. The Balaban J connectivity index is 1.43. The molecule has 4 bridgehead atoms. The molecule has 110 valence electrons. The monoisotopic (exact) mass is 275 g/mol. The highest BCUT2D eigenvalue weighted by molar-refractivity contribution is 5.83. The second-order valence-electron chi connectivity index (χ2n) is 8.01. The maximum atomic E-state index is 12.6. The van der Waals surface area contributed by atoms with Gasteiger partial charge in [0.15, 0.2) is 0 Å². The molecule has 5 aliphatic rings. The molecule has 0 aromatic heterocycles. The van der Waals surface area contributed by atoms with E-state index >= 15 is 0 Å². The first kappa shape index (κ1) is 12.8. The Labute approximate surface area is 121 Å². The first-order valence-corrected chi connectivity index (χ1v) is 8.41. The van der Waals surface area contributed by atoms with Gasteiger partial charge in [-0.05, 0) is 61.7 Å². The van der Waals surface area contributed by atoms with Crippen LogP contribution in [-0.4, -0.2) is 29.7 Å². The summed E-state index contributed by atoms with van der Waals surface area (Å²) >= 11 is 0. The Morgan fingerprint density at radius 2 is 1.50 bits per heavy atom. The van der Waals surface area contributed by atoms with Gasteiger partial charge in [0, 0.05) is 32.4 Å². The number of carbonyl (C=O) groups is 2. The van der Waals surface area contributed by atoms with E-state index in [9.17, 15) is 9.59 Å². The highest BCUT2D eigenvalue weighted by Gasteiger charge is 2.51. The molecule has 0 atom stereocenters. The summed E-state index contributed by atoms with van der Waals surface area (Å²) in [6.45, 7) is 1.34. The molecule has 1 aliphatic heterocycles. The fraction of sp³-hybridized carbons (Fsp3) is 0.882. The van der Waals surface area contributed by atoms with E-state index in [1.807, 2.05) is 4.90 Å². The molecule has 0 aromatic rings. The van der Waals surface area contributed by atoms with Gasteiger partial charge < -0.3 is 4.90 Å². The molecule has 3 nitrogen and oxygen atoms in total. The van der Waals surface area contributed by atoms with Crippen LogP contribution in [-0.2, 0) is 9.59 Å². The summed E-state index contributed by atoms with van der Waals surface area (Å²) in [6, 6.07) is 0. The first-order chi connectivity index (χ1) is 9.62. The predicted molar refractivity (Wildman–Crippen MR) is 76.0 cm³/mol. The van der Waals surface area contributed by atoms with Crippen LogP contribution in [0.2, 0.25) is 0 Å². The van der Waals surface area contributed by atoms with E-state index < -0.39 is 0 Å². The summed E-state index contributed by atoms with van der Waals surface area (Å²) in [5.41, 5.74) is 0.341. The van der Waals surface area contributed by atoms with Crippen molar-refractivity contribution >= 4 is 11.7 Å². The number of amides is 1. The number of rotatable bonds is 2. The molecule has 5 fully saturated rings. The molecule has 0 N–H and O–H groups in total. The smallest absolute Gasteiger partial charge is 0.223 e. The standard InChI is InChI=1S/C17H25NO2/c19-15-1-3-18(4-2-15)16(20)11-17-8-12-5-13(9-17)7-14(6-12)10-17/h12-14H,1-11H2. The number of likely N-dealkylation sites (tertiary alicyclic amines) is 1. The molecule has 5 rings (SSSR count). The molecule has 4 saturated carbocycles. The Kier molecular flexibility index (Phi) is 2.94. The van der Waals surface area contributed by atoms with Crippen molar-refractivity contribution in [2.45, 2.75) is 57.8 Å². The highest BCUT2D eigenvalue weighted by Crippen LogP contribution is 2.61. The Bertz CT molecular complexity index is 397. The molecule has 0 aromatic carbocycles. The van der Waals surface area contributed by atoms with Gasteiger partial charge in [0.05, 0.1) is 0 Å². The molecule has 0 unspecified atom stereocenters. The summed E-state index contributed by atoms with van der Waals surface area (Å²) < 4.78 is 0. The van der Waals surface area contributed by atoms with Crippen LogP contribution in [0.1, 0.15) is 57.8 Å². The number of piperidine rings is 1. The van der Waals surface area contributed by atoms with E-state index in [4.69, 9.17) is 0 Å². The molecule has 4 aliphatic carbocycles. The molecule has 1 saturated heterocycles. The zero-order valence-electron chi connectivity index (χ0n) is 12.3. The van der Waals surface area contributed by atoms with Crippen molar-refractivity contribution in [2.75, 3.05) is 13.1 Å². The average Bonchev–Trinajstić information content (AvgIpc) is 2.37. The minimum absolute atomic E-state index is 0.323. The van der Waals surface area contributed by atoms with Crippen LogP contribution in [0.5, 0.6) is 0 Å². The maximum Gasteiger partial charge on any atom is 0.223 e. The Morgan fingerprint density at radius 3 is 2.00 bits per heavy atom. The topological polar surface area (TPSA) is 37.4 Å². The van der Waals surface area contributed by atoms with Gasteiger partial charge in [0.25, 0.3) is 0 Å². The van der Waals surface area contributed by atoms with Gasteiger partial charge in [-0.15, -0.1) is 0 Å². The lowest BCUT2D eigenvalue weighted by molar-refractivity contribution is -0.141. The van der Waals surface area contributed by atoms with Crippen LogP contribution >= 0.6 is 0 Å². The number of hydrogen-bond donors (Lipinski definition) is 0. The molecule has 0 spiro atoms. The van der Waals surface area contributed by atoms with Crippen molar-refractivity contribution in [3.8, 4) is 0 Å². The number of Topliss-reactive ketones (excluding diaryl/α,β-unsaturated/α-hetero) is 1. The first-order valence-electron chi connectivity index (χ1n) is 8.41. The molecule has 3 heteroatoms. The van der Waals surface area contributed by atoms with Crippen molar-refractivity contribution in [1.82, 2.24) is 4.90 Å². The van der Waals surface area contributed by atoms with Gasteiger partial charge in [0.2, 0.25) is 5.91 Å². The maximum absolute atomic E-state index is 12.6. The zero-order valence-corrected chi connectivity index (χ0v) is 12.3. The third kappa shape index (κ3) is 2.19. The van der Waals surface area contributed by atoms with E-state index in [0.717, 1.165) is 24.2 Å². The summed E-state index contributed by atoms with van der Waals surface area (Å²) in [5, 5.41) is 0. The van der Waals surface area contributed by atoms with Gasteiger partial charge in [-0.1, -0.05) is 0 Å². The summed E-state index contributed by atoms with van der Waals surface area (Å²) in [7, 11) is 0. The molecular weight excluding hydrogens is 250 g/mol. The fourth-order valence-electron chi connectivity index (χ4n) is 5.94. The zero-order chi connectivity index (χ0) is 13.7. The second-order valence-corrected chi connectivity index (χ2v) is 8.01.